The molecule has 0 heterocycles. The molecule has 100 valence electrons. The Bertz CT molecular complexity index is 436. The van der Waals surface area contributed by atoms with Gasteiger partial charge in [0.25, 0.3) is 0 Å². The number of ether oxygens (including phenoxy) is 1. The Balaban J connectivity index is 2.88. The summed E-state index contributed by atoms with van der Waals surface area (Å²) in [6, 6.07) is 3.31. The van der Waals surface area contributed by atoms with Gasteiger partial charge in [-0.1, -0.05) is 23.2 Å². The molecular weight excluding hydrogens is 277 g/mol. The molecule has 0 fully saturated rings. The van der Waals surface area contributed by atoms with Crippen molar-refractivity contribution < 1.29 is 14.6 Å². The number of benzene rings is 1. The molecule has 0 radical (unpaired) electrons. The van der Waals surface area contributed by atoms with Crippen LogP contribution in [0.3, 0.4) is 0 Å². The monoisotopic (exact) mass is 291 g/mol. The second-order valence-electron chi connectivity index (χ2n) is 4.04. The summed E-state index contributed by atoms with van der Waals surface area (Å²) < 4.78 is 5.61. The summed E-state index contributed by atoms with van der Waals surface area (Å²) >= 11 is 12.0. The van der Waals surface area contributed by atoms with Crippen molar-refractivity contribution in [1.82, 2.24) is 5.32 Å². The quantitative estimate of drug-likeness (QED) is 0.846. The first-order valence-corrected chi connectivity index (χ1v) is 6.23. The van der Waals surface area contributed by atoms with Crippen LogP contribution in [0.5, 0.6) is 5.75 Å². The van der Waals surface area contributed by atoms with Gasteiger partial charge in [0.2, 0.25) is 0 Å². The van der Waals surface area contributed by atoms with Gasteiger partial charge in [-0.25, -0.2) is 0 Å². The molecule has 1 aromatic carbocycles. The largest absolute Gasteiger partial charge is 0.489 e. The van der Waals surface area contributed by atoms with Crippen LogP contribution in [0, 0.1) is 0 Å². The van der Waals surface area contributed by atoms with E-state index < -0.39 is 5.97 Å². The van der Waals surface area contributed by atoms with Crippen molar-refractivity contribution >= 4 is 29.2 Å². The fourth-order valence-corrected chi connectivity index (χ4v) is 2.00. The van der Waals surface area contributed by atoms with Crippen molar-refractivity contribution in [2.24, 2.45) is 0 Å². The third-order valence-electron chi connectivity index (χ3n) is 2.03. The Labute approximate surface area is 116 Å². The third-order valence-corrected chi connectivity index (χ3v) is 2.53. The number of carboxylic acids is 1. The van der Waals surface area contributed by atoms with Gasteiger partial charge in [-0.3, -0.25) is 4.79 Å². The van der Waals surface area contributed by atoms with Gasteiger partial charge in [-0.15, -0.1) is 0 Å². The van der Waals surface area contributed by atoms with Crippen molar-refractivity contribution in [3.8, 4) is 5.75 Å². The lowest BCUT2D eigenvalue weighted by Crippen LogP contribution is -2.22. The summed E-state index contributed by atoms with van der Waals surface area (Å²) in [6.07, 6.45) is -0.0260. The van der Waals surface area contributed by atoms with Gasteiger partial charge in [-0.05, 0) is 26.0 Å². The number of carbonyl (C=O) groups is 1. The first-order valence-electron chi connectivity index (χ1n) is 5.47. The van der Waals surface area contributed by atoms with E-state index in [1.54, 1.807) is 12.1 Å². The minimum Gasteiger partial charge on any atom is -0.489 e. The van der Waals surface area contributed by atoms with E-state index in [1.807, 2.05) is 13.8 Å². The number of nitrogens with one attached hydrogen (secondary N) is 1. The maximum absolute atomic E-state index is 10.4. The Kier molecular flexibility index (Phi) is 5.72. The molecule has 0 amide bonds. The van der Waals surface area contributed by atoms with Gasteiger partial charge in [0.15, 0.2) is 0 Å². The lowest BCUT2D eigenvalue weighted by atomic mass is 10.2. The predicted molar refractivity (Wildman–Crippen MR) is 71.6 cm³/mol. The van der Waals surface area contributed by atoms with E-state index in [4.69, 9.17) is 33.0 Å². The molecule has 0 saturated heterocycles. The number of carboxylic acid groups (broad SMARTS) is 1. The van der Waals surface area contributed by atoms with Gasteiger partial charge >= 0.3 is 5.97 Å². The molecule has 2 N–H and O–H groups in total. The molecule has 0 unspecified atom stereocenters. The number of aliphatic carboxylic acids is 1. The fourth-order valence-electron chi connectivity index (χ4n) is 1.42. The van der Waals surface area contributed by atoms with E-state index >= 15 is 0 Å². The van der Waals surface area contributed by atoms with Crippen molar-refractivity contribution in [1.29, 1.82) is 0 Å². The highest BCUT2D eigenvalue weighted by atomic mass is 35.5. The normalized spacial score (nSPS) is 10.7. The van der Waals surface area contributed by atoms with Crippen molar-refractivity contribution in [2.45, 2.75) is 26.5 Å². The molecule has 0 spiro atoms. The van der Waals surface area contributed by atoms with Gasteiger partial charge < -0.3 is 15.2 Å². The summed E-state index contributed by atoms with van der Waals surface area (Å²) in [5, 5.41) is 12.3. The van der Waals surface area contributed by atoms with Crippen LogP contribution in [-0.2, 0) is 11.3 Å². The van der Waals surface area contributed by atoms with Crippen LogP contribution >= 0.6 is 23.2 Å². The molecule has 0 aliphatic heterocycles. The van der Waals surface area contributed by atoms with Crippen LogP contribution in [0.2, 0.25) is 10.0 Å². The highest BCUT2D eigenvalue weighted by molar-refractivity contribution is 6.35. The van der Waals surface area contributed by atoms with Crippen molar-refractivity contribution in [3.05, 3.63) is 27.7 Å². The van der Waals surface area contributed by atoms with Crippen LogP contribution in [0.15, 0.2) is 12.1 Å². The smallest absolute Gasteiger partial charge is 0.317 e. The molecule has 0 saturated carbocycles. The maximum atomic E-state index is 10.4. The predicted octanol–water partition coefficient (Wildman–Crippen LogP) is 2.95. The Hall–Kier alpha value is -0.970. The number of halogens is 2. The standard InChI is InChI=1S/C12H15Cl2NO3/c1-7(2)18-12-8(5-15-6-11(16)17)3-9(13)4-10(12)14/h3-4,7,15H,5-6H2,1-2H3,(H,16,17). The Morgan fingerprint density at radius 1 is 1.44 bits per heavy atom. The number of hydrogen-bond acceptors (Lipinski definition) is 3. The molecule has 0 aliphatic rings. The molecule has 4 nitrogen and oxygen atoms in total. The van der Waals surface area contributed by atoms with E-state index in [0.717, 1.165) is 5.56 Å². The molecule has 18 heavy (non-hydrogen) atoms. The van der Waals surface area contributed by atoms with Gasteiger partial charge in [0, 0.05) is 17.1 Å². The summed E-state index contributed by atoms with van der Waals surface area (Å²) in [7, 11) is 0. The van der Waals surface area contributed by atoms with E-state index in [2.05, 4.69) is 5.32 Å². The highest BCUT2D eigenvalue weighted by Crippen LogP contribution is 2.33. The molecule has 0 aliphatic carbocycles. The maximum Gasteiger partial charge on any atom is 0.317 e. The first kappa shape index (κ1) is 15.1. The van der Waals surface area contributed by atoms with E-state index in [-0.39, 0.29) is 12.6 Å². The molecule has 0 aromatic heterocycles. The third kappa shape index (κ3) is 4.72. The second kappa shape index (κ2) is 6.83. The molecule has 1 aromatic rings. The lowest BCUT2D eigenvalue weighted by Gasteiger charge is -2.16. The number of rotatable bonds is 6. The molecule has 6 heteroatoms. The average molecular weight is 292 g/mol. The first-order chi connectivity index (χ1) is 8.40. The van der Waals surface area contributed by atoms with Crippen LogP contribution < -0.4 is 10.1 Å². The fraction of sp³-hybridized carbons (Fsp3) is 0.417. The summed E-state index contributed by atoms with van der Waals surface area (Å²) in [4.78, 5) is 10.4. The van der Waals surface area contributed by atoms with E-state index in [1.165, 1.54) is 0 Å². The molecule has 0 atom stereocenters. The minimum absolute atomic E-state index is 0.0260. The number of hydrogen-bond donors (Lipinski definition) is 2. The molecular formula is C12H15Cl2NO3. The summed E-state index contributed by atoms with van der Waals surface area (Å²) in [5.41, 5.74) is 0.738. The van der Waals surface area contributed by atoms with Gasteiger partial charge in [-0.2, -0.15) is 0 Å². The topological polar surface area (TPSA) is 58.6 Å². The summed E-state index contributed by atoms with van der Waals surface area (Å²) in [6.45, 7) is 3.97. The SMILES string of the molecule is CC(C)Oc1c(Cl)cc(Cl)cc1CNCC(=O)O. The highest BCUT2D eigenvalue weighted by Gasteiger charge is 2.12. The summed E-state index contributed by atoms with van der Waals surface area (Å²) in [5.74, 6) is -0.386. The van der Waals surface area contributed by atoms with Crippen molar-refractivity contribution in [3.63, 3.8) is 0 Å². The van der Waals surface area contributed by atoms with E-state index in [9.17, 15) is 4.79 Å². The lowest BCUT2D eigenvalue weighted by molar-refractivity contribution is -0.136. The molecule has 1 rings (SSSR count). The van der Waals surface area contributed by atoms with E-state index in [0.29, 0.717) is 22.3 Å². The second-order valence-corrected chi connectivity index (χ2v) is 4.88. The zero-order chi connectivity index (χ0) is 13.7. The average Bonchev–Trinajstić information content (AvgIpc) is 2.22. The molecule has 0 bridgehead atoms. The Morgan fingerprint density at radius 3 is 2.67 bits per heavy atom. The van der Waals surface area contributed by atoms with Crippen molar-refractivity contribution in [2.75, 3.05) is 6.54 Å². The van der Waals surface area contributed by atoms with Crippen LogP contribution in [-0.4, -0.2) is 23.7 Å². The van der Waals surface area contributed by atoms with Crippen LogP contribution in [0.1, 0.15) is 19.4 Å². The van der Waals surface area contributed by atoms with Crippen LogP contribution in [0.25, 0.3) is 0 Å². The zero-order valence-electron chi connectivity index (χ0n) is 10.2. The zero-order valence-corrected chi connectivity index (χ0v) is 11.7. The Morgan fingerprint density at radius 2 is 2.11 bits per heavy atom. The van der Waals surface area contributed by atoms with Gasteiger partial charge in [0.05, 0.1) is 17.7 Å². The minimum atomic E-state index is -0.922. The van der Waals surface area contributed by atoms with Gasteiger partial charge in [0.1, 0.15) is 5.75 Å². The van der Waals surface area contributed by atoms with Crippen LogP contribution in [0.4, 0.5) is 0 Å².